The third kappa shape index (κ3) is 6.15. The fraction of sp³-hybridized carbons (Fsp3) is 0.400. The highest BCUT2D eigenvalue weighted by atomic mass is 35.5. The molecule has 158 valence electrons. The number of halogens is 5. The molecular weight excluding hydrogens is 428 g/mol. The van der Waals surface area contributed by atoms with E-state index < -0.39 is 17.8 Å². The molecular formula is C20H21Cl2F3N2O2. The molecule has 4 nitrogen and oxygen atoms in total. The van der Waals surface area contributed by atoms with Crippen LogP contribution in [0.4, 0.5) is 18.9 Å². The summed E-state index contributed by atoms with van der Waals surface area (Å²) in [5.74, 6) is 0.626. The van der Waals surface area contributed by atoms with Crippen molar-refractivity contribution >= 4 is 28.9 Å². The number of aliphatic hydroxyl groups is 1. The second-order valence-electron chi connectivity index (χ2n) is 6.87. The number of benzene rings is 2. The molecule has 0 saturated carbocycles. The second-order valence-corrected chi connectivity index (χ2v) is 7.71. The van der Waals surface area contributed by atoms with Crippen molar-refractivity contribution in [1.29, 1.82) is 0 Å². The monoisotopic (exact) mass is 448 g/mol. The van der Waals surface area contributed by atoms with E-state index in [4.69, 9.17) is 27.9 Å². The average Bonchev–Trinajstić information content (AvgIpc) is 2.68. The first kappa shape index (κ1) is 22.0. The van der Waals surface area contributed by atoms with Gasteiger partial charge in [0.1, 0.15) is 18.5 Å². The molecule has 1 fully saturated rings. The van der Waals surface area contributed by atoms with Crippen LogP contribution in [0.5, 0.6) is 5.75 Å². The molecule has 2 aromatic carbocycles. The van der Waals surface area contributed by atoms with Gasteiger partial charge in [-0.1, -0.05) is 23.2 Å². The zero-order chi connectivity index (χ0) is 21.0. The Hall–Kier alpha value is -1.67. The number of rotatable bonds is 6. The Balaban J connectivity index is 1.48. The standard InChI is InChI=1S/C20H21Cl2F3N2O2/c21-14-1-4-17(5-2-14)29-13-16(28)12-26-7-9-27(10-8-26)15-3-6-19(22)18(11-15)20(23,24)25/h1-6,11,16,28H,7-10,12-13H2. The minimum Gasteiger partial charge on any atom is -0.491 e. The maximum Gasteiger partial charge on any atom is 0.417 e. The first-order valence-electron chi connectivity index (χ1n) is 9.13. The molecule has 0 aromatic heterocycles. The molecule has 1 atom stereocenters. The fourth-order valence-electron chi connectivity index (χ4n) is 3.19. The SMILES string of the molecule is OC(COc1ccc(Cl)cc1)CN1CCN(c2ccc(Cl)c(C(F)(F)F)c2)CC1. The van der Waals surface area contributed by atoms with E-state index in [1.165, 1.54) is 6.07 Å². The summed E-state index contributed by atoms with van der Waals surface area (Å²) < 4.78 is 44.7. The normalized spacial score (nSPS) is 16.7. The first-order valence-corrected chi connectivity index (χ1v) is 9.88. The van der Waals surface area contributed by atoms with Crippen LogP contribution in [0.3, 0.4) is 0 Å². The van der Waals surface area contributed by atoms with Gasteiger partial charge in [0.2, 0.25) is 0 Å². The molecule has 1 N–H and O–H groups in total. The number of aliphatic hydroxyl groups excluding tert-OH is 1. The fourth-order valence-corrected chi connectivity index (χ4v) is 3.54. The van der Waals surface area contributed by atoms with E-state index in [-0.39, 0.29) is 11.6 Å². The van der Waals surface area contributed by atoms with Gasteiger partial charge in [-0.2, -0.15) is 13.2 Å². The van der Waals surface area contributed by atoms with Gasteiger partial charge in [0.15, 0.2) is 0 Å². The summed E-state index contributed by atoms with van der Waals surface area (Å²) in [4.78, 5) is 3.95. The Morgan fingerprint density at radius 1 is 1.00 bits per heavy atom. The largest absolute Gasteiger partial charge is 0.491 e. The molecule has 3 rings (SSSR count). The molecule has 0 amide bonds. The summed E-state index contributed by atoms with van der Waals surface area (Å²) in [6.45, 7) is 2.95. The van der Waals surface area contributed by atoms with E-state index in [2.05, 4.69) is 4.90 Å². The van der Waals surface area contributed by atoms with E-state index in [1.807, 2.05) is 4.90 Å². The molecule has 1 aliphatic rings. The lowest BCUT2D eigenvalue weighted by atomic mass is 10.1. The lowest BCUT2D eigenvalue weighted by Crippen LogP contribution is -2.49. The van der Waals surface area contributed by atoms with Crippen molar-refractivity contribution in [1.82, 2.24) is 4.90 Å². The summed E-state index contributed by atoms with van der Waals surface area (Å²) in [5.41, 5.74) is -0.332. The van der Waals surface area contributed by atoms with E-state index >= 15 is 0 Å². The number of hydrogen-bond acceptors (Lipinski definition) is 4. The van der Waals surface area contributed by atoms with Gasteiger partial charge in [-0.15, -0.1) is 0 Å². The topological polar surface area (TPSA) is 35.9 Å². The van der Waals surface area contributed by atoms with Gasteiger partial charge in [0.25, 0.3) is 0 Å². The van der Waals surface area contributed by atoms with Crippen LogP contribution in [0.25, 0.3) is 0 Å². The number of hydrogen-bond donors (Lipinski definition) is 1. The number of nitrogens with zero attached hydrogens (tertiary/aromatic N) is 2. The number of alkyl halides is 3. The van der Waals surface area contributed by atoms with Crippen molar-refractivity contribution in [3.05, 3.63) is 58.1 Å². The molecule has 29 heavy (non-hydrogen) atoms. The van der Waals surface area contributed by atoms with Crippen molar-refractivity contribution in [3.8, 4) is 5.75 Å². The quantitative estimate of drug-likeness (QED) is 0.701. The van der Waals surface area contributed by atoms with E-state index in [0.29, 0.717) is 49.2 Å². The third-order valence-corrected chi connectivity index (χ3v) is 5.30. The third-order valence-electron chi connectivity index (χ3n) is 4.72. The van der Waals surface area contributed by atoms with Crippen LogP contribution in [-0.2, 0) is 6.18 Å². The van der Waals surface area contributed by atoms with Crippen LogP contribution in [0.1, 0.15) is 5.56 Å². The highest BCUT2D eigenvalue weighted by Crippen LogP contribution is 2.37. The first-order chi connectivity index (χ1) is 13.7. The molecule has 9 heteroatoms. The van der Waals surface area contributed by atoms with Gasteiger partial charge >= 0.3 is 6.18 Å². The van der Waals surface area contributed by atoms with Gasteiger partial charge < -0.3 is 14.7 Å². The molecule has 2 aromatic rings. The summed E-state index contributed by atoms with van der Waals surface area (Å²) in [6.07, 6.45) is -5.16. The van der Waals surface area contributed by atoms with Crippen molar-refractivity contribution in [3.63, 3.8) is 0 Å². The van der Waals surface area contributed by atoms with E-state index in [1.54, 1.807) is 30.3 Å². The minimum absolute atomic E-state index is 0.147. The summed E-state index contributed by atoms with van der Waals surface area (Å²) in [7, 11) is 0. The predicted molar refractivity (Wildman–Crippen MR) is 108 cm³/mol. The number of piperazine rings is 1. The summed E-state index contributed by atoms with van der Waals surface area (Å²) >= 11 is 11.5. The van der Waals surface area contributed by atoms with E-state index in [9.17, 15) is 18.3 Å². The Bertz CT molecular complexity index is 810. The number of ether oxygens (including phenoxy) is 1. The van der Waals surface area contributed by atoms with Gasteiger partial charge in [-0.05, 0) is 42.5 Å². The molecule has 1 saturated heterocycles. The molecule has 1 unspecified atom stereocenters. The molecule has 0 bridgehead atoms. The lowest BCUT2D eigenvalue weighted by molar-refractivity contribution is -0.137. The van der Waals surface area contributed by atoms with Crippen molar-refractivity contribution in [2.45, 2.75) is 12.3 Å². The molecule has 1 aliphatic heterocycles. The molecule has 0 spiro atoms. The lowest BCUT2D eigenvalue weighted by Gasteiger charge is -2.37. The van der Waals surface area contributed by atoms with E-state index in [0.717, 1.165) is 6.07 Å². The van der Waals surface area contributed by atoms with Gasteiger partial charge in [0.05, 0.1) is 10.6 Å². The Morgan fingerprint density at radius 2 is 1.66 bits per heavy atom. The smallest absolute Gasteiger partial charge is 0.417 e. The Morgan fingerprint density at radius 3 is 2.28 bits per heavy atom. The van der Waals surface area contributed by atoms with Crippen molar-refractivity contribution < 1.29 is 23.0 Å². The highest BCUT2D eigenvalue weighted by Gasteiger charge is 2.34. The van der Waals surface area contributed by atoms with Crippen LogP contribution in [0, 0.1) is 0 Å². The number of β-amino-alcohol motifs (C(OH)–C–C–N with tert-alkyl or cyclic N) is 1. The maximum atomic E-state index is 13.1. The van der Waals surface area contributed by atoms with Gasteiger partial charge in [0, 0.05) is 43.4 Å². The van der Waals surface area contributed by atoms with Crippen molar-refractivity contribution in [2.24, 2.45) is 0 Å². The highest BCUT2D eigenvalue weighted by molar-refractivity contribution is 6.31. The summed E-state index contributed by atoms with van der Waals surface area (Å²) in [5, 5.41) is 10.5. The zero-order valence-corrected chi connectivity index (χ0v) is 17.0. The predicted octanol–water partition coefficient (Wildman–Crippen LogP) is 4.57. The summed E-state index contributed by atoms with van der Waals surface area (Å²) in [6, 6.07) is 10.9. The number of anilines is 1. The average molecular weight is 449 g/mol. The maximum absolute atomic E-state index is 13.1. The Kier molecular flexibility index (Phi) is 7.16. The minimum atomic E-state index is -4.48. The molecule has 0 aliphatic carbocycles. The van der Waals surface area contributed by atoms with Gasteiger partial charge in [-0.3, -0.25) is 4.90 Å². The van der Waals surface area contributed by atoms with Crippen LogP contribution < -0.4 is 9.64 Å². The van der Waals surface area contributed by atoms with Gasteiger partial charge in [-0.25, -0.2) is 0 Å². The van der Waals surface area contributed by atoms with Crippen LogP contribution in [0.15, 0.2) is 42.5 Å². The van der Waals surface area contributed by atoms with Crippen LogP contribution in [-0.4, -0.2) is 55.4 Å². The van der Waals surface area contributed by atoms with Crippen LogP contribution in [0.2, 0.25) is 10.0 Å². The van der Waals surface area contributed by atoms with Crippen LogP contribution >= 0.6 is 23.2 Å². The molecule has 1 heterocycles. The molecule has 0 radical (unpaired) electrons. The second kappa shape index (κ2) is 9.43. The zero-order valence-electron chi connectivity index (χ0n) is 15.5. The Labute approximate surface area is 177 Å². The van der Waals surface area contributed by atoms with Crippen molar-refractivity contribution in [2.75, 3.05) is 44.2 Å².